The van der Waals surface area contributed by atoms with Gasteiger partial charge in [0.05, 0.1) is 0 Å². The van der Waals surface area contributed by atoms with Crippen molar-refractivity contribution >= 4 is 7.92 Å². The maximum absolute atomic E-state index is 1.66. The van der Waals surface area contributed by atoms with E-state index in [1.165, 1.54) is 37.0 Å². The molecule has 20 heavy (non-hydrogen) atoms. The van der Waals surface area contributed by atoms with Gasteiger partial charge in [0.15, 0.2) is 0 Å². The van der Waals surface area contributed by atoms with Gasteiger partial charge in [-0.25, -0.2) is 0 Å². The molecule has 3 saturated carbocycles. The van der Waals surface area contributed by atoms with Crippen molar-refractivity contribution < 1.29 is 0 Å². The molecule has 0 saturated heterocycles. The lowest BCUT2D eigenvalue weighted by Crippen LogP contribution is -2.22. The molecule has 0 aromatic rings. The summed E-state index contributed by atoms with van der Waals surface area (Å²) in [5.74, 6) is 1.13. The second kappa shape index (κ2) is 8.17. The zero-order valence-corrected chi connectivity index (χ0v) is 14.4. The number of rotatable bonds is 5. The molecule has 0 bridgehead atoms. The van der Waals surface area contributed by atoms with Crippen molar-refractivity contribution in [3.8, 4) is 0 Å². The first kappa shape index (κ1) is 15.3. The Balaban J connectivity index is 1.55. The lowest BCUT2D eigenvalue weighted by atomic mass is 9.99. The predicted molar refractivity (Wildman–Crippen MR) is 92.1 cm³/mol. The molecule has 0 unspecified atom stereocenters. The average molecular weight is 294 g/mol. The Kier molecular flexibility index (Phi) is 6.26. The molecule has 0 spiro atoms. The lowest BCUT2D eigenvalue weighted by molar-refractivity contribution is 0.478. The van der Waals surface area contributed by atoms with Crippen LogP contribution in [0.2, 0.25) is 0 Å². The third kappa shape index (κ3) is 4.22. The molecule has 0 radical (unpaired) electrons. The summed E-state index contributed by atoms with van der Waals surface area (Å²) in [5, 5.41) is 0. The number of hydrogen-bond donors (Lipinski definition) is 0. The standard InChI is InChI=1S/C19H35P/c1-3-11-18(12-4-1)20(19-13-5-2-6-14-19)16-15-17-9-7-8-10-17/h17-19H,1-16H2. The Hall–Kier alpha value is 0.430. The van der Waals surface area contributed by atoms with Crippen LogP contribution in [-0.4, -0.2) is 17.5 Å². The zero-order chi connectivity index (χ0) is 13.6. The van der Waals surface area contributed by atoms with Gasteiger partial charge in [-0.2, -0.15) is 0 Å². The van der Waals surface area contributed by atoms with E-state index in [0.29, 0.717) is 7.92 Å². The Labute approximate surface area is 128 Å². The van der Waals surface area contributed by atoms with E-state index in [1.54, 1.807) is 76.8 Å². The Morgan fingerprint density at radius 1 is 0.550 bits per heavy atom. The minimum Gasteiger partial charge on any atom is -0.100 e. The van der Waals surface area contributed by atoms with Crippen LogP contribution in [0.4, 0.5) is 0 Å². The van der Waals surface area contributed by atoms with Gasteiger partial charge in [-0.1, -0.05) is 64.2 Å². The van der Waals surface area contributed by atoms with E-state index in [2.05, 4.69) is 0 Å². The molecule has 0 nitrogen and oxygen atoms in total. The monoisotopic (exact) mass is 294 g/mol. The predicted octanol–water partition coefficient (Wildman–Crippen LogP) is 6.71. The van der Waals surface area contributed by atoms with Crippen molar-refractivity contribution in [2.75, 3.05) is 6.16 Å². The molecule has 0 atom stereocenters. The van der Waals surface area contributed by atoms with E-state index in [1.807, 2.05) is 0 Å². The van der Waals surface area contributed by atoms with Crippen LogP contribution in [0.1, 0.15) is 96.3 Å². The molecule has 0 aliphatic heterocycles. The Bertz CT molecular complexity index is 239. The average Bonchev–Trinajstić information content (AvgIpc) is 3.03. The highest BCUT2D eigenvalue weighted by Crippen LogP contribution is 2.56. The minimum atomic E-state index is 0.387. The fourth-order valence-electron chi connectivity index (χ4n) is 5.12. The third-order valence-corrected chi connectivity index (χ3v) is 10.0. The summed E-state index contributed by atoms with van der Waals surface area (Å²) in [7, 11) is 0.387. The summed E-state index contributed by atoms with van der Waals surface area (Å²) in [6.07, 6.45) is 25.2. The van der Waals surface area contributed by atoms with E-state index < -0.39 is 0 Å². The Morgan fingerprint density at radius 3 is 1.50 bits per heavy atom. The summed E-state index contributed by atoms with van der Waals surface area (Å²) in [6, 6.07) is 0. The molecule has 0 aromatic carbocycles. The van der Waals surface area contributed by atoms with E-state index in [0.717, 1.165) is 5.92 Å². The van der Waals surface area contributed by atoms with Gasteiger partial charge in [0.1, 0.15) is 0 Å². The smallest absolute Gasteiger partial charge is 0.0207 e. The van der Waals surface area contributed by atoms with Crippen molar-refractivity contribution in [3.63, 3.8) is 0 Å². The van der Waals surface area contributed by atoms with Crippen molar-refractivity contribution in [2.45, 2.75) is 108 Å². The van der Waals surface area contributed by atoms with Crippen molar-refractivity contribution in [3.05, 3.63) is 0 Å². The highest BCUT2D eigenvalue weighted by atomic mass is 31.1. The summed E-state index contributed by atoms with van der Waals surface area (Å²) in [4.78, 5) is 0. The molecule has 0 amide bonds. The summed E-state index contributed by atoms with van der Waals surface area (Å²) in [5.41, 5.74) is 2.37. The van der Waals surface area contributed by atoms with Gasteiger partial charge in [-0.3, -0.25) is 0 Å². The molecule has 0 N–H and O–H groups in total. The quantitative estimate of drug-likeness (QED) is 0.494. The topological polar surface area (TPSA) is 0 Å². The molecule has 3 aliphatic carbocycles. The summed E-state index contributed by atoms with van der Waals surface area (Å²) >= 11 is 0. The first-order valence-corrected chi connectivity index (χ1v) is 11.4. The third-order valence-electron chi connectivity index (χ3n) is 6.36. The van der Waals surface area contributed by atoms with Crippen LogP contribution in [0.3, 0.4) is 0 Å². The summed E-state index contributed by atoms with van der Waals surface area (Å²) in [6.45, 7) is 0. The van der Waals surface area contributed by atoms with E-state index in [4.69, 9.17) is 0 Å². The van der Waals surface area contributed by atoms with Crippen LogP contribution >= 0.6 is 7.92 Å². The van der Waals surface area contributed by atoms with Gasteiger partial charge >= 0.3 is 0 Å². The molecular weight excluding hydrogens is 259 g/mol. The van der Waals surface area contributed by atoms with Crippen LogP contribution in [0.15, 0.2) is 0 Å². The molecule has 0 aromatic heterocycles. The minimum absolute atomic E-state index is 0.387. The molecule has 0 heterocycles. The molecule has 3 rings (SSSR count). The van der Waals surface area contributed by atoms with Gasteiger partial charge < -0.3 is 0 Å². The summed E-state index contributed by atoms with van der Waals surface area (Å²) < 4.78 is 0. The maximum Gasteiger partial charge on any atom is -0.0207 e. The van der Waals surface area contributed by atoms with Gasteiger partial charge in [0, 0.05) is 0 Å². The first-order chi connectivity index (χ1) is 9.93. The molecular formula is C19H35P. The number of hydrogen-bond acceptors (Lipinski definition) is 0. The second-order valence-electron chi connectivity index (χ2n) is 7.76. The van der Waals surface area contributed by atoms with E-state index in [-0.39, 0.29) is 0 Å². The fourth-order valence-corrected chi connectivity index (χ4v) is 9.17. The van der Waals surface area contributed by atoms with Crippen LogP contribution in [0.5, 0.6) is 0 Å². The molecule has 116 valence electrons. The van der Waals surface area contributed by atoms with Crippen LogP contribution in [-0.2, 0) is 0 Å². The lowest BCUT2D eigenvalue weighted by Gasteiger charge is -2.39. The van der Waals surface area contributed by atoms with Gasteiger partial charge in [0.25, 0.3) is 0 Å². The zero-order valence-electron chi connectivity index (χ0n) is 13.5. The van der Waals surface area contributed by atoms with Gasteiger partial charge in [-0.05, 0) is 55.5 Å². The van der Waals surface area contributed by atoms with E-state index >= 15 is 0 Å². The van der Waals surface area contributed by atoms with Gasteiger partial charge in [0.2, 0.25) is 0 Å². The highest BCUT2D eigenvalue weighted by Gasteiger charge is 2.31. The fraction of sp³-hybridized carbons (Fsp3) is 1.00. The molecule has 3 aliphatic rings. The van der Waals surface area contributed by atoms with Crippen LogP contribution in [0.25, 0.3) is 0 Å². The van der Waals surface area contributed by atoms with Crippen molar-refractivity contribution in [1.29, 1.82) is 0 Å². The maximum atomic E-state index is 1.66. The normalized spacial score (nSPS) is 27.4. The molecule has 3 fully saturated rings. The van der Waals surface area contributed by atoms with Gasteiger partial charge in [-0.15, -0.1) is 7.92 Å². The van der Waals surface area contributed by atoms with Crippen LogP contribution in [0, 0.1) is 5.92 Å². The van der Waals surface area contributed by atoms with Crippen LogP contribution < -0.4 is 0 Å². The van der Waals surface area contributed by atoms with Crippen molar-refractivity contribution in [2.24, 2.45) is 5.92 Å². The second-order valence-corrected chi connectivity index (χ2v) is 10.7. The SMILES string of the molecule is C1CCC(P(CCC2CCCC2)C2CCCCC2)CC1. The Morgan fingerprint density at radius 2 is 1.00 bits per heavy atom. The van der Waals surface area contributed by atoms with E-state index in [9.17, 15) is 0 Å². The van der Waals surface area contributed by atoms with Crippen molar-refractivity contribution in [1.82, 2.24) is 0 Å². The first-order valence-electron chi connectivity index (χ1n) is 9.69. The molecule has 1 heteroatoms. The largest absolute Gasteiger partial charge is 0.100 e. The highest BCUT2D eigenvalue weighted by molar-refractivity contribution is 7.59.